The van der Waals surface area contributed by atoms with Crippen molar-refractivity contribution >= 4 is 0 Å². The van der Waals surface area contributed by atoms with Gasteiger partial charge in [0.2, 0.25) is 0 Å². The van der Waals surface area contributed by atoms with E-state index < -0.39 is 0 Å². The van der Waals surface area contributed by atoms with Crippen molar-refractivity contribution in [3.63, 3.8) is 0 Å². The number of methoxy groups -OCH3 is 1. The van der Waals surface area contributed by atoms with Gasteiger partial charge >= 0.3 is 0 Å². The summed E-state index contributed by atoms with van der Waals surface area (Å²) in [4.78, 5) is 2.44. The minimum absolute atomic E-state index is 0.312. The molecule has 0 aliphatic heterocycles. The molecule has 0 aromatic carbocycles. The van der Waals surface area contributed by atoms with Crippen LogP contribution in [-0.2, 0) is 4.74 Å². The lowest BCUT2D eigenvalue weighted by atomic mass is 10.2. The molecule has 0 bridgehead atoms. The van der Waals surface area contributed by atoms with Crippen LogP contribution < -0.4 is 5.73 Å². The van der Waals surface area contributed by atoms with Crippen molar-refractivity contribution in [2.24, 2.45) is 11.7 Å². The predicted octanol–water partition coefficient (Wildman–Crippen LogP) is 1.33. The topological polar surface area (TPSA) is 38.5 Å². The molecule has 0 amide bonds. The van der Waals surface area contributed by atoms with Gasteiger partial charge in [0.15, 0.2) is 0 Å². The lowest BCUT2D eigenvalue weighted by Gasteiger charge is -2.26. The van der Waals surface area contributed by atoms with Gasteiger partial charge in [-0.25, -0.2) is 0 Å². The first-order valence-electron chi connectivity index (χ1n) is 5.55. The molecule has 86 valence electrons. The van der Waals surface area contributed by atoms with Gasteiger partial charge in [0.25, 0.3) is 0 Å². The summed E-state index contributed by atoms with van der Waals surface area (Å²) in [5, 5.41) is 0. The molecule has 1 atom stereocenters. The zero-order valence-corrected chi connectivity index (χ0v) is 10.1. The summed E-state index contributed by atoms with van der Waals surface area (Å²) in [7, 11) is 1.77. The first kappa shape index (κ1) is 13.9. The Kier molecular flexibility index (Phi) is 8.14. The highest BCUT2D eigenvalue weighted by Crippen LogP contribution is 2.02. The fraction of sp³-hybridized carbons (Fsp3) is 1.00. The average Bonchev–Trinajstić information content (AvgIpc) is 2.13. The predicted molar refractivity (Wildman–Crippen MR) is 61.4 cm³/mol. The highest BCUT2D eigenvalue weighted by atomic mass is 16.5. The van der Waals surface area contributed by atoms with Crippen LogP contribution in [0.4, 0.5) is 0 Å². The van der Waals surface area contributed by atoms with Crippen molar-refractivity contribution in [3.8, 4) is 0 Å². The van der Waals surface area contributed by atoms with Crippen molar-refractivity contribution in [1.82, 2.24) is 4.90 Å². The molecule has 0 radical (unpaired) electrons. The number of ether oxygens (including phenoxy) is 1. The summed E-state index contributed by atoms with van der Waals surface area (Å²) in [5.41, 5.74) is 5.51. The second-order valence-corrected chi connectivity index (χ2v) is 4.34. The zero-order chi connectivity index (χ0) is 11.0. The molecule has 1 unspecified atom stereocenters. The van der Waals surface area contributed by atoms with E-state index in [2.05, 4.69) is 25.7 Å². The molecule has 0 saturated carbocycles. The van der Waals surface area contributed by atoms with Crippen LogP contribution in [0, 0.1) is 5.92 Å². The lowest BCUT2D eigenvalue weighted by molar-refractivity contribution is 0.0725. The van der Waals surface area contributed by atoms with E-state index in [1.807, 2.05) is 0 Å². The molecule has 2 N–H and O–H groups in total. The molecule has 0 spiro atoms. The Morgan fingerprint density at radius 3 is 2.29 bits per heavy atom. The van der Waals surface area contributed by atoms with E-state index in [0.29, 0.717) is 12.0 Å². The van der Waals surface area contributed by atoms with E-state index >= 15 is 0 Å². The van der Waals surface area contributed by atoms with Crippen LogP contribution in [-0.4, -0.2) is 44.3 Å². The van der Waals surface area contributed by atoms with E-state index in [1.54, 1.807) is 7.11 Å². The summed E-state index contributed by atoms with van der Waals surface area (Å²) in [6.45, 7) is 10.6. The maximum absolute atomic E-state index is 5.51. The number of rotatable bonds is 8. The molecule has 3 heteroatoms. The van der Waals surface area contributed by atoms with Crippen molar-refractivity contribution < 1.29 is 4.74 Å². The number of hydrogen-bond acceptors (Lipinski definition) is 3. The molecule has 0 aliphatic rings. The maximum Gasteiger partial charge on any atom is 0.0670 e. The van der Waals surface area contributed by atoms with Crippen LogP contribution in [0.25, 0.3) is 0 Å². The Hall–Kier alpha value is -0.120. The standard InChI is InChI=1S/C11H26N2O/c1-10(2)8-13(7-5-6-12)9-11(3)14-4/h10-11H,5-9,12H2,1-4H3. The third kappa shape index (κ3) is 7.30. The Morgan fingerprint density at radius 1 is 1.21 bits per heavy atom. The minimum atomic E-state index is 0.312. The van der Waals surface area contributed by atoms with Crippen LogP contribution in [0.15, 0.2) is 0 Å². The smallest absolute Gasteiger partial charge is 0.0670 e. The fourth-order valence-corrected chi connectivity index (χ4v) is 1.53. The number of hydrogen-bond donors (Lipinski definition) is 1. The largest absolute Gasteiger partial charge is 0.380 e. The van der Waals surface area contributed by atoms with Crippen molar-refractivity contribution in [1.29, 1.82) is 0 Å². The van der Waals surface area contributed by atoms with E-state index in [9.17, 15) is 0 Å². The van der Waals surface area contributed by atoms with Gasteiger partial charge in [-0.2, -0.15) is 0 Å². The van der Waals surface area contributed by atoms with Gasteiger partial charge in [-0.3, -0.25) is 0 Å². The molecule has 0 aromatic rings. The lowest BCUT2D eigenvalue weighted by Crippen LogP contribution is -2.36. The Morgan fingerprint density at radius 2 is 1.86 bits per heavy atom. The third-order valence-electron chi connectivity index (χ3n) is 2.22. The Bertz CT molecular complexity index is 128. The summed E-state index contributed by atoms with van der Waals surface area (Å²) >= 11 is 0. The van der Waals surface area contributed by atoms with Gasteiger partial charge in [0.05, 0.1) is 6.10 Å². The van der Waals surface area contributed by atoms with Crippen LogP contribution in [0.1, 0.15) is 27.2 Å². The Labute approximate surface area is 88.6 Å². The second kappa shape index (κ2) is 8.21. The fourth-order valence-electron chi connectivity index (χ4n) is 1.53. The maximum atomic E-state index is 5.51. The monoisotopic (exact) mass is 202 g/mol. The second-order valence-electron chi connectivity index (χ2n) is 4.34. The average molecular weight is 202 g/mol. The molecule has 0 aromatic heterocycles. The van der Waals surface area contributed by atoms with Crippen LogP contribution in [0.3, 0.4) is 0 Å². The first-order valence-corrected chi connectivity index (χ1v) is 5.55. The van der Waals surface area contributed by atoms with Crippen molar-refractivity contribution in [2.45, 2.75) is 33.3 Å². The van der Waals surface area contributed by atoms with Crippen molar-refractivity contribution in [3.05, 3.63) is 0 Å². The Balaban J connectivity index is 3.83. The van der Waals surface area contributed by atoms with Gasteiger partial charge in [0.1, 0.15) is 0 Å². The molecule has 0 aliphatic carbocycles. The summed E-state index contributed by atoms with van der Waals surface area (Å²) in [5.74, 6) is 0.705. The van der Waals surface area contributed by atoms with Crippen LogP contribution in [0.5, 0.6) is 0 Å². The first-order chi connectivity index (χ1) is 6.60. The molecule has 0 fully saturated rings. The quantitative estimate of drug-likeness (QED) is 0.645. The zero-order valence-electron chi connectivity index (χ0n) is 10.1. The van der Waals surface area contributed by atoms with Gasteiger partial charge in [-0.1, -0.05) is 13.8 Å². The van der Waals surface area contributed by atoms with Gasteiger partial charge in [-0.15, -0.1) is 0 Å². The van der Waals surface area contributed by atoms with E-state index in [1.165, 1.54) is 0 Å². The summed E-state index contributed by atoms with van der Waals surface area (Å²) < 4.78 is 5.27. The molecular weight excluding hydrogens is 176 g/mol. The van der Waals surface area contributed by atoms with E-state index in [0.717, 1.165) is 32.6 Å². The minimum Gasteiger partial charge on any atom is -0.380 e. The summed E-state index contributed by atoms with van der Waals surface area (Å²) in [6.07, 6.45) is 1.38. The molecular formula is C11H26N2O. The highest BCUT2D eigenvalue weighted by Gasteiger charge is 2.10. The molecule has 0 saturated heterocycles. The van der Waals surface area contributed by atoms with Gasteiger partial charge in [0, 0.05) is 20.2 Å². The molecule has 14 heavy (non-hydrogen) atoms. The third-order valence-corrected chi connectivity index (χ3v) is 2.22. The number of nitrogens with two attached hydrogens (primary N) is 1. The highest BCUT2D eigenvalue weighted by molar-refractivity contribution is 4.64. The molecule has 3 nitrogen and oxygen atoms in total. The van der Waals surface area contributed by atoms with Crippen molar-refractivity contribution in [2.75, 3.05) is 33.3 Å². The molecule has 0 rings (SSSR count). The SMILES string of the molecule is COC(C)CN(CCCN)CC(C)C. The van der Waals surface area contributed by atoms with Gasteiger partial charge < -0.3 is 15.4 Å². The van der Waals surface area contributed by atoms with E-state index in [-0.39, 0.29) is 0 Å². The van der Waals surface area contributed by atoms with Gasteiger partial charge in [-0.05, 0) is 32.4 Å². The van der Waals surface area contributed by atoms with Crippen LogP contribution in [0.2, 0.25) is 0 Å². The normalized spacial score (nSPS) is 13.9. The van der Waals surface area contributed by atoms with Crippen LogP contribution >= 0.6 is 0 Å². The number of nitrogens with zero attached hydrogens (tertiary/aromatic N) is 1. The molecule has 0 heterocycles. The van der Waals surface area contributed by atoms with E-state index in [4.69, 9.17) is 10.5 Å². The summed E-state index contributed by atoms with van der Waals surface area (Å²) in [6, 6.07) is 0.